The first-order chi connectivity index (χ1) is 8.03. The van der Waals surface area contributed by atoms with E-state index in [9.17, 15) is 8.42 Å². The Balaban J connectivity index is 2.22. The Morgan fingerprint density at radius 3 is 2.41 bits per heavy atom. The summed E-state index contributed by atoms with van der Waals surface area (Å²) in [6.45, 7) is 3.06. The molecule has 17 heavy (non-hydrogen) atoms. The minimum atomic E-state index is -2.79. The van der Waals surface area contributed by atoms with E-state index in [0.717, 1.165) is 25.3 Å². The van der Waals surface area contributed by atoms with Crippen molar-refractivity contribution in [1.29, 1.82) is 0 Å². The van der Waals surface area contributed by atoms with Crippen molar-refractivity contribution >= 4 is 9.84 Å². The smallest absolute Gasteiger partial charge is 0.147 e. The van der Waals surface area contributed by atoms with Crippen LogP contribution in [-0.4, -0.2) is 33.0 Å². The van der Waals surface area contributed by atoms with E-state index in [0.29, 0.717) is 11.8 Å². The molecule has 1 aliphatic carbocycles. The van der Waals surface area contributed by atoms with Gasteiger partial charge in [0.2, 0.25) is 0 Å². The molecule has 1 atom stereocenters. The second-order valence-corrected chi connectivity index (χ2v) is 7.61. The fourth-order valence-corrected chi connectivity index (χ4v) is 3.47. The van der Waals surface area contributed by atoms with Crippen LogP contribution in [0.3, 0.4) is 0 Å². The van der Waals surface area contributed by atoms with Gasteiger partial charge in [-0.2, -0.15) is 0 Å². The highest BCUT2D eigenvalue weighted by Gasteiger charge is 2.21. The maximum Gasteiger partial charge on any atom is 0.147 e. The quantitative estimate of drug-likeness (QED) is 0.716. The van der Waals surface area contributed by atoms with Gasteiger partial charge < -0.3 is 5.32 Å². The summed E-state index contributed by atoms with van der Waals surface area (Å²) < 4.78 is 22.0. The molecule has 0 amide bonds. The lowest BCUT2D eigenvalue weighted by Crippen LogP contribution is -2.37. The van der Waals surface area contributed by atoms with Crippen molar-refractivity contribution in [3.05, 3.63) is 0 Å². The molecule has 0 bridgehead atoms. The van der Waals surface area contributed by atoms with Gasteiger partial charge in [-0.05, 0) is 38.1 Å². The van der Waals surface area contributed by atoms with Crippen LogP contribution in [0.5, 0.6) is 0 Å². The molecule has 1 N–H and O–H groups in total. The maximum absolute atomic E-state index is 11.0. The lowest BCUT2D eigenvalue weighted by atomic mass is 9.83. The van der Waals surface area contributed by atoms with Gasteiger partial charge in [0.25, 0.3) is 0 Å². The summed E-state index contributed by atoms with van der Waals surface area (Å²) in [5, 5.41) is 3.55. The zero-order valence-corrected chi connectivity index (χ0v) is 12.1. The van der Waals surface area contributed by atoms with Gasteiger partial charge in [-0.15, -0.1) is 0 Å². The van der Waals surface area contributed by atoms with E-state index < -0.39 is 9.84 Å². The predicted molar refractivity (Wildman–Crippen MR) is 73.0 cm³/mol. The van der Waals surface area contributed by atoms with E-state index in [4.69, 9.17) is 0 Å². The van der Waals surface area contributed by atoms with Crippen LogP contribution in [0.2, 0.25) is 0 Å². The zero-order valence-electron chi connectivity index (χ0n) is 11.2. The van der Waals surface area contributed by atoms with Gasteiger partial charge >= 0.3 is 0 Å². The van der Waals surface area contributed by atoms with Gasteiger partial charge in [0.05, 0.1) is 5.75 Å². The summed E-state index contributed by atoms with van der Waals surface area (Å²) >= 11 is 0. The normalized spacial score (nSPS) is 20.4. The molecule has 0 radical (unpaired) electrons. The average Bonchev–Trinajstić information content (AvgIpc) is 2.29. The summed E-state index contributed by atoms with van der Waals surface area (Å²) in [6.07, 6.45) is 10.0. The topological polar surface area (TPSA) is 46.2 Å². The first kappa shape index (κ1) is 15.0. The second-order valence-electron chi connectivity index (χ2n) is 5.35. The summed E-state index contributed by atoms with van der Waals surface area (Å²) in [4.78, 5) is 0. The van der Waals surface area contributed by atoms with E-state index in [2.05, 4.69) is 12.2 Å². The zero-order chi connectivity index (χ0) is 12.7. The Bertz CT molecular complexity index is 295. The van der Waals surface area contributed by atoms with Gasteiger partial charge in [-0.1, -0.05) is 26.2 Å². The van der Waals surface area contributed by atoms with Crippen LogP contribution in [0, 0.1) is 5.92 Å². The third kappa shape index (κ3) is 6.41. The number of hydrogen-bond donors (Lipinski definition) is 1. The van der Waals surface area contributed by atoms with Crippen LogP contribution < -0.4 is 5.32 Å². The van der Waals surface area contributed by atoms with Crippen LogP contribution in [0.15, 0.2) is 0 Å². The van der Waals surface area contributed by atoms with Crippen molar-refractivity contribution in [1.82, 2.24) is 5.32 Å². The van der Waals surface area contributed by atoms with Crippen LogP contribution in [0.4, 0.5) is 0 Å². The second kappa shape index (κ2) is 7.37. The lowest BCUT2D eigenvalue weighted by molar-refractivity contribution is 0.263. The molecule has 0 aromatic carbocycles. The highest BCUT2D eigenvalue weighted by molar-refractivity contribution is 7.90. The average molecular weight is 261 g/mol. The predicted octanol–water partition coefficient (Wildman–Crippen LogP) is 2.37. The van der Waals surface area contributed by atoms with Crippen molar-refractivity contribution in [2.75, 3.05) is 18.6 Å². The molecule has 3 nitrogen and oxygen atoms in total. The largest absolute Gasteiger partial charge is 0.314 e. The van der Waals surface area contributed by atoms with E-state index in [1.165, 1.54) is 38.4 Å². The Labute approximate surface area is 106 Å². The highest BCUT2D eigenvalue weighted by atomic mass is 32.2. The fourth-order valence-electron chi connectivity index (χ4n) is 2.80. The minimum Gasteiger partial charge on any atom is -0.314 e. The molecular formula is C13H27NO2S. The van der Waals surface area contributed by atoms with Gasteiger partial charge in [-0.3, -0.25) is 0 Å². The van der Waals surface area contributed by atoms with Crippen LogP contribution >= 0.6 is 0 Å². The SMILES string of the molecule is CCC(NCCCS(C)(=O)=O)C1CCCCC1. The summed E-state index contributed by atoms with van der Waals surface area (Å²) in [7, 11) is -2.79. The molecule has 0 spiro atoms. The molecule has 1 fully saturated rings. The van der Waals surface area contributed by atoms with Gasteiger partial charge in [0, 0.05) is 12.3 Å². The fraction of sp³-hybridized carbons (Fsp3) is 1.00. The van der Waals surface area contributed by atoms with E-state index in [1.54, 1.807) is 0 Å². The standard InChI is InChI=1S/C13H27NO2S/c1-3-13(12-8-5-4-6-9-12)14-10-7-11-17(2,15)16/h12-14H,3-11H2,1-2H3. The number of sulfone groups is 1. The number of hydrogen-bond acceptors (Lipinski definition) is 3. The molecule has 0 aromatic heterocycles. The van der Waals surface area contributed by atoms with Crippen molar-refractivity contribution in [2.45, 2.75) is 57.9 Å². The Kier molecular flexibility index (Phi) is 6.49. The molecule has 1 aliphatic rings. The molecule has 0 heterocycles. The Hall–Kier alpha value is -0.0900. The molecule has 1 saturated carbocycles. The van der Waals surface area contributed by atoms with Crippen molar-refractivity contribution in [3.8, 4) is 0 Å². The third-order valence-electron chi connectivity index (χ3n) is 3.76. The molecular weight excluding hydrogens is 234 g/mol. The first-order valence-electron chi connectivity index (χ1n) is 6.94. The van der Waals surface area contributed by atoms with Crippen molar-refractivity contribution < 1.29 is 8.42 Å². The molecule has 1 rings (SSSR count). The van der Waals surface area contributed by atoms with Crippen LogP contribution in [0.1, 0.15) is 51.9 Å². The molecule has 0 aromatic rings. The van der Waals surface area contributed by atoms with Crippen LogP contribution in [0.25, 0.3) is 0 Å². The summed E-state index contributed by atoms with van der Waals surface area (Å²) in [6, 6.07) is 0.592. The van der Waals surface area contributed by atoms with E-state index in [1.807, 2.05) is 0 Å². The molecule has 4 heteroatoms. The third-order valence-corrected chi connectivity index (χ3v) is 4.79. The molecule has 0 saturated heterocycles. The van der Waals surface area contributed by atoms with E-state index >= 15 is 0 Å². The van der Waals surface area contributed by atoms with Crippen molar-refractivity contribution in [3.63, 3.8) is 0 Å². The molecule has 102 valence electrons. The van der Waals surface area contributed by atoms with Crippen molar-refractivity contribution in [2.24, 2.45) is 5.92 Å². The molecule has 1 unspecified atom stereocenters. The monoisotopic (exact) mass is 261 g/mol. The van der Waals surface area contributed by atoms with E-state index in [-0.39, 0.29) is 0 Å². The number of nitrogens with one attached hydrogen (secondary N) is 1. The summed E-state index contributed by atoms with van der Waals surface area (Å²) in [5.74, 6) is 1.12. The van der Waals surface area contributed by atoms with Gasteiger partial charge in [-0.25, -0.2) is 8.42 Å². The lowest BCUT2D eigenvalue weighted by Gasteiger charge is -2.30. The minimum absolute atomic E-state index is 0.307. The number of rotatable bonds is 7. The van der Waals surface area contributed by atoms with Gasteiger partial charge in [0.15, 0.2) is 0 Å². The van der Waals surface area contributed by atoms with Gasteiger partial charge in [0.1, 0.15) is 9.84 Å². The Morgan fingerprint density at radius 2 is 1.88 bits per heavy atom. The maximum atomic E-state index is 11.0. The van der Waals surface area contributed by atoms with Crippen LogP contribution in [-0.2, 0) is 9.84 Å². The first-order valence-corrected chi connectivity index (χ1v) is 9.00. The Morgan fingerprint density at radius 1 is 1.24 bits per heavy atom. The summed E-state index contributed by atoms with van der Waals surface area (Å²) in [5.41, 5.74) is 0. The molecule has 0 aliphatic heterocycles. The highest BCUT2D eigenvalue weighted by Crippen LogP contribution is 2.27.